The molecule has 3 rings (SSSR count). The largest absolute Gasteiger partial charge is 0.467 e. The van der Waals surface area contributed by atoms with Gasteiger partial charge in [-0.15, -0.1) is 0 Å². The van der Waals surface area contributed by atoms with Gasteiger partial charge in [0.15, 0.2) is 5.70 Å². The fourth-order valence-corrected chi connectivity index (χ4v) is 2.96. The van der Waals surface area contributed by atoms with Crippen LogP contribution in [0.2, 0.25) is 0 Å². The van der Waals surface area contributed by atoms with Gasteiger partial charge in [0.05, 0.1) is 10.5 Å². The fourth-order valence-electron chi connectivity index (χ4n) is 2.96. The molecule has 1 aromatic rings. The zero-order valence-corrected chi connectivity index (χ0v) is 15.5. The van der Waals surface area contributed by atoms with Gasteiger partial charge in [-0.2, -0.15) is 0 Å². The summed E-state index contributed by atoms with van der Waals surface area (Å²) in [6, 6.07) is 5.72. The van der Waals surface area contributed by atoms with Crippen LogP contribution in [-0.4, -0.2) is 27.9 Å². The molecule has 1 amide bonds. The third-order valence-corrected chi connectivity index (χ3v) is 4.35. The van der Waals surface area contributed by atoms with Crippen LogP contribution in [0.1, 0.15) is 33.3 Å². The molecule has 2 heterocycles. The molecule has 1 atom stereocenters. The van der Waals surface area contributed by atoms with Crippen molar-refractivity contribution in [1.29, 1.82) is 0 Å². The molecule has 1 fully saturated rings. The van der Waals surface area contributed by atoms with Crippen molar-refractivity contribution < 1.29 is 24.0 Å². The van der Waals surface area contributed by atoms with E-state index in [0.29, 0.717) is 16.9 Å². The highest BCUT2D eigenvalue weighted by molar-refractivity contribution is 6.08. The number of hydrogen-bond acceptors (Lipinski definition) is 6. The van der Waals surface area contributed by atoms with Crippen LogP contribution in [0.25, 0.3) is 0 Å². The van der Waals surface area contributed by atoms with E-state index in [2.05, 4.69) is 0 Å². The Hall–Kier alpha value is -3.16. The Bertz CT molecular complexity index is 876. The van der Waals surface area contributed by atoms with Gasteiger partial charge in [-0.25, -0.2) is 4.79 Å². The molecular formula is C19H20N2O6. The number of nitro groups is 1. The van der Waals surface area contributed by atoms with Crippen molar-refractivity contribution in [2.45, 2.75) is 40.5 Å². The first-order valence-electron chi connectivity index (χ1n) is 8.46. The Morgan fingerprint density at radius 2 is 1.96 bits per heavy atom. The SMILES string of the molecule is CC=C1C(=O)N2C(C(=O)OCc3ccc([N+](=O)[O-])cc3)=C(C(C)(C)C)OC12. The standard InChI is InChI=1S/C19H20N2O6/c1-5-13-16(22)20-14(15(19(2,3)4)27-17(13)20)18(23)26-10-11-6-8-12(9-7-11)21(24)25/h5-9,17H,10H2,1-4H3. The lowest BCUT2D eigenvalue weighted by Crippen LogP contribution is -2.53. The van der Waals surface area contributed by atoms with E-state index in [9.17, 15) is 19.7 Å². The van der Waals surface area contributed by atoms with Gasteiger partial charge in [0.2, 0.25) is 6.23 Å². The number of non-ortho nitro benzene ring substituents is 1. The number of carbonyl (C=O) groups excluding carboxylic acids is 2. The van der Waals surface area contributed by atoms with Crippen LogP contribution in [0.15, 0.2) is 47.4 Å². The number of amides is 1. The zero-order valence-electron chi connectivity index (χ0n) is 15.5. The third kappa shape index (κ3) is 3.18. The molecular weight excluding hydrogens is 352 g/mol. The van der Waals surface area contributed by atoms with Crippen molar-refractivity contribution in [3.05, 3.63) is 63.0 Å². The molecule has 8 nitrogen and oxygen atoms in total. The second kappa shape index (κ2) is 6.53. The molecule has 0 spiro atoms. The highest BCUT2D eigenvalue weighted by Crippen LogP contribution is 2.45. The van der Waals surface area contributed by atoms with E-state index < -0.39 is 22.5 Å². The number of carbonyl (C=O) groups is 2. The number of nitrogens with zero attached hydrogens (tertiary/aromatic N) is 2. The first-order chi connectivity index (χ1) is 12.6. The zero-order chi connectivity index (χ0) is 19.9. The lowest BCUT2D eigenvalue weighted by Gasteiger charge is -2.36. The highest BCUT2D eigenvalue weighted by Gasteiger charge is 2.55. The first kappa shape index (κ1) is 18.6. The van der Waals surface area contributed by atoms with Crippen LogP contribution in [0.3, 0.4) is 0 Å². The predicted octanol–water partition coefficient (Wildman–Crippen LogP) is 3.04. The Kier molecular flexibility index (Phi) is 4.51. The summed E-state index contributed by atoms with van der Waals surface area (Å²) in [5.74, 6) is -0.528. The van der Waals surface area contributed by atoms with Crippen molar-refractivity contribution in [1.82, 2.24) is 4.90 Å². The highest BCUT2D eigenvalue weighted by atomic mass is 16.6. The molecule has 0 radical (unpaired) electrons. The summed E-state index contributed by atoms with van der Waals surface area (Å²) in [4.78, 5) is 36.5. The molecule has 142 valence electrons. The predicted molar refractivity (Wildman–Crippen MR) is 94.8 cm³/mol. The summed E-state index contributed by atoms with van der Waals surface area (Å²) in [6.45, 7) is 7.34. The van der Waals surface area contributed by atoms with Gasteiger partial charge in [-0.3, -0.25) is 19.8 Å². The molecule has 0 N–H and O–H groups in total. The second-order valence-corrected chi connectivity index (χ2v) is 7.32. The number of nitro benzene ring substituents is 1. The summed E-state index contributed by atoms with van der Waals surface area (Å²) in [5, 5.41) is 10.7. The Morgan fingerprint density at radius 3 is 2.48 bits per heavy atom. The summed E-state index contributed by atoms with van der Waals surface area (Å²) in [7, 11) is 0. The monoisotopic (exact) mass is 372 g/mol. The third-order valence-electron chi connectivity index (χ3n) is 4.35. The van der Waals surface area contributed by atoms with Crippen LogP contribution >= 0.6 is 0 Å². The molecule has 2 aliphatic rings. The average Bonchev–Trinajstić information content (AvgIpc) is 2.96. The summed E-state index contributed by atoms with van der Waals surface area (Å²) in [5.41, 5.74) is 0.698. The quantitative estimate of drug-likeness (QED) is 0.265. The van der Waals surface area contributed by atoms with Gasteiger partial charge in [0.25, 0.3) is 11.6 Å². The number of rotatable bonds is 4. The molecule has 1 aromatic carbocycles. The second-order valence-electron chi connectivity index (χ2n) is 7.32. The molecule has 27 heavy (non-hydrogen) atoms. The van der Waals surface area contributed by atoms with Gasteiger partial charge in [0.1, 0.15) is 12.4 Å². The molecule has 0 aromatic heterocycles. The summed E-state index contributed by atoms with van der Waals surface area (Å²) in [6.07, 6.45) is 1.09. The van der Waals surface area contributed by atoms with Crippen molar-refractivity contribution in [2.75, 3.05) is 0 Å². The number of esters is 1. The van der Waals surface area contributed by atoms with E-state index in [0.717, 1.165) is 0 Å². The van der Waals surface area contributed by atoms with Crippen molar-refractivity contribution in [2.24, 2.45) is 5.41 Å². The van der Waals surface area contributed by atoms with E-state index >= 15 is 0 Å². The lowest BCUT2D eigenvalue weighted by molar-refractivity contribution is -0.384. The Balaban J connectivity index is 1.79. The number of fused-ring (bicyclic) bond motifs is 1. The summed E-state index contributed by atoms with van der Waals surface area (Å²) >= 11 is 0. The molecule has 0 bridgehead atoms. The van der Waals surface area contributed by atoms with Gasteiger partial charge in [0, 0.05) is 17.5 Å². The van der Waals surface area contributed by atoms with E-state index in [4.69, 9.17) is 9.47 Å². The molecule has 8 heteroatoms. The minimum absolute atomic E-state index is 0.0418. The van der Waals surface area contributed by atoms with Crippen LogP contribution < -0.4 is 0 Å². The lowest BCUT2D eigenvalue weighted by atomic mass is 9.92. The molecule has 1 saturated heterocycles. The fraction of sp³-hybridized carbons (Fsp3) is 0.368. The van der Waals surface area contributed by atoms with Crippen LogP contribution in [0, 0.1) is 15.5 Å². The molecule has 1 unspecified atom stereocenters. The number of β-lactam (4-membered cyclic amide) rings is 1. The number of ether oxygens (including phenoxy) is 2. The molecule has 0 saturated carbocycles. The number of hydrogen-bond donors (Lipinski definition) is 0. The molecule has 2 aliphatic heterocycles. The van der Waals surface area contributed by atoms with E-state index in [1.54, 1.807) is 13.0 Å². The maximum Gasteiger partial charge on any atom is 0.359 e. The van der Waals surface area contributed by atoms with E-state index in [1.807, 2.05) is 20.8 Å². The normalized spacial score (nSPS) is 20.3. The van der Waals surface area contributed by atoms with E-state index in [1.165, 1.54) is 29.2 Å². The Morgan fingerprint density at radius 1 is 1.33 bits per heavy atom. The van der Waals surface area contributed by atoms with Crippen molar-refractivity contribution in [3.63, 3.8) is 0 Å². The Labute approximate surface area is 156 Å². The van der Waals surface area contributed by atoms with Crippen LogP contribution in [-0.2, 0) is 25.7 Å². The topological polar surface area (TPSA) is 99.0 Å². The number of allylic oxidation sites excluding steroid dienone is 2. The first-order valence-corrected chi connectivity index (χ1v) is 8.46. The van der Waals surface area contributed by atoms with Crippen LogP contribution in [0.4, 0.5) is 5.69 Å². The maximum atomic E-state index is 12.7. The smallest absolute Gasteiger partial charge is 0.359 e. The van der Waals surface area contributed by atoms with Crippen molar-refractivity contribution >= 4 is 17.6 Å². The molecule has 0 aliphatic carbocycles. The van der Waals surface area contributed by atoms with Gasteiger partial charge >= 0.3 is 5.97 Å². The van der Waals surface area contributed by atoms with Gasteiger partial charge < -0.3 is 9.47 Å². The summed E-state index contributed by atoms with van der Waals surface area (Å²) < 4.78 is 11.2. The van der Waals surface area contributed by atoms with E-state index in [-0.39, 0.29) is 23.9 Å². The number of benzene rings is 1. The van der Waals surface area contributed by atoms with Crippen molar-refractivity contribution in [3.8, 4) is 0 Å². The average molecular weight is 372 g/mol. The minimum Gasteiger partial charge on any atom is -0.467 e. The van der Waals surface area contributed by atoms with Gasteiger partial charge in [-0.1, -0.05) is 26.8 Å². The minimum atomic E-state index is -0.663. The van der Waals surface area contributed by atoms with Crippen LogP contribution in [0.5, 0.6) is 0 Å². The van der Waals surface area contributed by atoms with Gasteiger partial charge in [-0.05, 0) is 24.6 Å². The maximum absolute atomic E-state index is 12.7.